The van der Waals surface area contributed by atoms with Gasteiger partial charge in [0.1, 0.15) is 5.92 Å². The Labute approximate surface area is 241 Å². The summed E-state index contributed by atoms with van der Waals surface area (Å²) < 4.78 is 32.8. The minimum Gasteiger partial charge on any atom is -0.462 e. The predicted molar refractivity (Wildman–Crippen MR) is 163 cm³/mol. The van der Waals surface area contributed by atoms with Gasteiger partial charge in [0.15, 0.2) is 0 Å². The smallest absolute Gasteiger partial charge is 0.338 e. The van der Waals surface area contributed by atoms with Crippen LogP contribution in [-0.2, 0) is 19.6 Å². The summed E-state index contributed by atoms with van der Waals surface area (Å²) in [6.45, 7) is 6.22. The van der Waals surface area contributed by atoms with Crippen molar-refractivity contribution < 1.29 is 22.7 Å². The number of nitrogens with one attached hydrogen (secondary N) is 1. The molecule has 1 amide bonds. The first-order chi connectivity index (χ1) is 19.5. The topological polar surface area (TPSA) is 108 Å². The lowest BCUT2D eigenvalue weighted by Crippen LogP contribution is -2.40. The number of carbonyl (C=O) groups excluding carboxylic acids is 2. The molecule has 0 bridgehead atoms. The van der Waals surface area contributed by atoms with Crippen molar-refractivity contribution in [3.63, 3.8) is 0 Å². The van der Waals surface area contributed by atoms with E-state index in [0.29, 0.717) is 47.0 Å². The van der Waals surface area contributed by atoms with Gasteiger partial charge in [-0.05, 0) is 82.4 Å². The van der Waals surface area contributed by atoms with E-state index < -0.39 is 27.2 Å². The molecule has 0 saturated heterocycles. The van der Waals surface area contributed by atoms with Crippen molar-refractivity contribution in [3.8, 4) is 0 Å². The molecule has 0 saturated carbocycles. The molecule has 4 rings (SSSR count). The van der Waals surface area contributed by atoms with Crippen LogP contribution in [-0.4, -0.2) is 69.9 Å². The molecule has 10 heteroatoms. The third-order valence-electron chi connectivity index (χ3n) is 6.78. The second-order valence-corrected chi connectivity index (χ2v) is 12.7. The maximum Gasteiger partial charge on any atom is 0.338 e. The van der Waals surface area contributed by atoms with Crippen LogP contribution in [0.3, 0.4) is 0 Å². The number of carbonyl (C=O) groups is 2. The monoisotopic (exact) mass is 576 g/mol. The summed E-state index contributed by atoms with van der Waals surface area (Å²) >= 11 is 0. The minimum atomic E-state index is -3.55. The Hall–Kier alpha value is -4.02. The second kappa shape index (κ2) is 12.7. The van der Waals surface area contributed by atoms with Gasteiger partial charge >= 0.3 is 5.97 Å². The molecular formula is C31H36N4O5S. The van der Waals surface area contributed by atoms with Gasteiger partial charge in [0, 0.05) is 18.8 Å². The number of likely N-dealkylation sites (N-methyl/N-ethyl adjacent to an activating group) is 1. The third-order valence-corrected chi connectivity index (χ3v) is 8.98. The highest BCUT2D eigenvalue weighted by atomic mass is 32.2. The van der Waals surface area contributed by atoms with Gasteiger partial charge in [-0.15, -0.1) is 0 Å². The molecule has 0 fully saturated rings. The minimum absolute atomic E-state index is 0.252. The molecule has 3 aromatic rings. The summed E-state index contributed by atoms with van der Waals surface area (Å²) in [5, 5.41) is 2.32. The van der Waals surface area contributed by atoms with Crippen molar-refractivity contribution >= 4 is 44.7 Å². The molecule has 1 aliphatic rings. The van der Waals surface area contributed by atoms with Crippen LogP contribution in [0.2, 0.25) is 0 Å². The summed E-state index contributed by atoms with van der Waals surface area (Å²) in [7, 11) is 0.253. The molecule has 1 aliphatic heterocycles. The number of fused-ring (bicyclic) bond motifs is 1. The number of nitrogens with zero attached hydrogens (tertiary/aromatic N) is 3. The average molecular weight is 577 g/mol. The van der Waals surface area contributed by atoms with Crippen LogP contribution in [0.1, 0.15) is 48.2 Å². The number of ether oxygens (including phenoxy) is 1. The Morgan fingerprint density at radius 2 is 1.66 bits per heavy atom. The third kappa shape index (κ3) is 6.66. The van der Waals surface area contributed by atoms with E-state index in [1.807, 2.05) is 49.3 Å². The van der Waals surface area contributed by atoms with E-state index in [2.05, 4.69) is 5.32 Å². The Balaban J connectivity index is 1.74. The fourth-order valence-corrected chi connectivity index (χ4v) is 5.82. The molecule has 0 spiro atoms. The zero-order chi connectivity index (χ0) is 29.7. The van der Waals surface area contributed by atoms with Gasteiger partial charge in [0.05, 0.1) is 34.5 Å². The molecule has 0 aromatic heterocycles. The molecule has 1 heterocycles. The number of sulfonamides is 1. The zero-order valence-electron chi connectivity index (χ0n) is 24.0. The van der Waals surface area contributed by atoms with Crippen molar-refractivity contribution in [2.75, 3.05) is 43.4 Å². The van der Waals surface area contributed by atoms with Crippen molar-refractivity contribution in [2.24, 2.45) is 4.99 Å². The lowest BCUT2D eigenvalue weighted by Gasteiger charge is -2.27. The van der Waals surface area contributed by atoms with Crippen molar-refractivity contribution in [2.45, 2.75) is 31.9 Å². The Morgan fingerprint density at radius 3 is 2.27 bits per heavy atom. The fourth-order valence-electron chi connectivity index (χ4n) is 4.56. The number of hydrogen-bond donors (Lipinski definition) is 1. The van der Waals surface area contributed by atoms with E-state index in [1.165, 1.54) is 4.31 Å². The molecule has 0 aliphatic carbocycles. The van der Waals surface area contributed by atoms with Crippen LogP contribution in [0.5, 0.6) is 0 Å². The largest absolute Gasteiger partial charge is 0.462 e. The number of benzene rings is 3. The maximum atomic E-state index is 13.3. The average Bonchev–Trinajstić information content (AvgIpc) is 3.27. The first-order valence-corrected chi connectivity index (χ1v) is 15.1. The van der Waals surface area contributed by atoms with E-state index in [1.54, 1.807) is 63.2 Å². The van der Waals surface area contributed by atoms with Crippen LogP contribution < -0.4 is 9.62 Å². The van der Waals surface area contributed by atoms with Crippen molar-refractivity contribution in [1.82, 2.24) is 4.90 Å². The van der Waals surface area contributed by atoms with E-state index in [4.69, 9.17) is 9.73 Å². The SMILES string of the molecule is CCOC(=O)c1ccc2c(c1)NC(=O)C2C(=Nc1ccc(N(CCN(C)C)S(=O)(=O)C(C)C)cc1)c1ccccc1. The van der Waals surface area contributed by atoms with Gasteiger partial charge in [-0.2, -0.15) is 0 Å². The van der Waals surface area contributed by atoms with Crippen molar-refractivity contribution in [3.05, 3.63) is 89.5 Å². The Kier molecular flexibility index (Phi) is 9.25. The molecule has 0 radical (unpaired) electrons. The van der Waals surface area contributed by atoms with E-state index in [9.17, 15) is 18.0 Å². The maximum absolute atomic E-state index is 13.3. The van der Waals surface area contributed by atoms with Crippen LogP contribution >= 0.6 is 0 Å². The first kappa shape index (κ1) is 30.0. The molecular weight excluding hydrogens is 540 g/mol. The molecule has 1 atom stereocenters. The Morgan fingerprint density at radius 1 is 0.976 bits per heavy atom. The quantitative estimate of drug-likeness (QED) is 0.259. The van der Waals surface area contributed by atoms with Crippen molar-refractivity contribution in [1.29, 1.82) is 0 Å². The zero-order valence-corrected chi connectivity index (χ0v) is 24.8. The lowest BCUT2D eigenvalue weighted by atomic mass is 9.90. The van der Waals surface area contributed by atoms with Gasteiger partial charge in [0.2, 0.25) is 15.9 Å². The fraction of sp³-hybridized carbons (Fsp3) is 0.323. The number of esters is 1. The van der Waals surface area contributed by atoms with Gasteiger partial charge in [-0.25, -0.2) is 13.2 Å². The summed E-state index contributed by atoms with van der Waals surface area (Å²) in [6, 6.07) is 21.5. The van der Waals surface area contributed by atoms with Gasteiger partial charge in [-0.1, -0.05) is 36.4 Å². The molecule has 216 valence electrons. The lowest BCUT2D eigenvalue weighted by molar-refractivity contribution is -0.115. The highest BCUT2D eigenvalue weighted by molar-refractivity contribution is 7.93. The highest BCUT2D eigenvalue weighted by Crippen LogP contribution is 2.37. The highest BCUT2D eigenvalue weighted by Gasteiger charge is 2.36. The number of anilines is 2. The summed E-state index contributed by atoms with van der Waals surface area (Å²) in [5.74, 6) is -1.41. The van der Waals surface area contributed by atoms with E-state index >= 15 is 0 Å². The number of rotatable bonds is 11. The molecule has 1 unspecified atom stereocenters. The normalized spacial score (nSPS) is 15.1. The van der Waals surface area contributed by atoms with E-state index in [0.717, 1.165) is 5.56 Å². The first-order valence-electron chi connectivity index (χ1n) is 13.5. The van der Waals surface area contributed by atoms with E-state index in [-0.39, 0.29) is 12.5 Å². The number of aliphatic imine (C=N–C) groups is 1. The molecule has 9 nitrogen and oxygen atoms in total. The van der Waals surface area contributed by atoms with Crippen LogP contribution in [0, 0.1) is 0 Å². The van der Waals surface area contributed by atoms with Crippen LogP contribution in [0.4, 0.5) is 17.1 Å². The summed E-state index contributed by atoms with van der Waals surface area (Å²) in [4.78, 5) is 32.4. The van der Waals surface area contributed by atoms with Gasteiger partial charge in [-0.3, -0.25) is 14.1 Å². The molecule has 41 heavy (non-hydrogen) atoms. The van der Waals surface area contributed by atoms with Gasteiger partial charge < -0.3 is 15.0 Å². The number of hydrogen-bond acceptors (Lipinski definition) is 7. The summed E-state index contributed by atoms with van der Waals surface area (Å²) in [6.07, 6.45) is 0. The van der Waals surface area contributed by atoms with Crippen LogP contribution in [0.25, 0.3) is 0 Å². The number of amides is 1. The second-order valence-electron chi connectivity index (χ2n) is 10.3. The molecule has 1 N–H and O–H groups in total. The van der Waals surface area contributed by atoms with Gasteiger partial charge in [0.25, 0.3) is 0 Å². The summed E-state index contributed by atoms with van der Waals surface area (Å²) in [5.41, 5.74) is 4.05. The van der Waals surface area contributed by atoms with Crippen LogP contribution in [0.15, 0.2) is 77.8 Å². The Bertz CT molecular complexity index is 1530. The predicted octanol–water partition coefficient (Wildman–Crippen LogP) is 4.83. The standard InChI is InChI=1S/C31H36N4O5S/c1-6-40-31(37)23-12-17-26-27(20-23)33-30(36)28(26)29(22-10-8-7-9-11-22)32-24-13-15-25(16-14-24)35(19-18-34(4)5)41(38,39)21(2)3/h7-17,20-21,28H,6,18-19H2,1-5H3,(H,33,36). The molecule has 3 aromatic carbocycles.